The highest BCUT2D eigenvalue weighted by Crippen LogP contribution is 2.40. The molecule has 4 heteroatoms. The van der Waals surface area contributed by atoms with Crippen molar-refractivity contribution in [3.8, 4) is 0 Å². The van der Waals surface area contributed by atoms with Gasteiger partial charge in [0, 0.05) is 6.54 Å². The zero-order chi connectivity index (χ0) is 13.6. The van der Waals surface area contributed by atoms with Gasteiger partial charge in [-0.1, -0.05) is 0 Å². The van der Waals surface area contributed by atoms with Crippen LogP contribution in [0.5, 0.6) is 0 Å². The second-order valence-electron chi connectivity index (χ2n) is 6.80. The van der Waals surface area contributed by atoms with E-state index in [2.05, 4.69) is 4.90 Å². The number of carbonyl (C=O) groups excluding carboxylic acids is 1. The van der Waals surface area contributed by atoms with Crippen LogP contribution in [0.15, 0.2) is 0 Å². The van der Waals surface area contributed by atoms with Crippen molar-refractivity contribution in [3.05, 3.63) is 0 Å². The summed E-state index contributed by atoms with van der Waals surface area (Å²) in [5.74, 6) is -0.492. The summed E-state index contributed by atoms with van der Waals surface area (Å²) in [5, 5.41) is 10.9. The summed E-state index contributed by atoms with van der Waals surface area (Å²) < 4.78 is 5.41. The van der Waals surface area contributed by atoms with Crippen molar-refractivity contribution in [1.29, 1.82) is 0 Å². The molecule has 0 amide bonds. The van der Waals surface area contributed by atoms with Gasteiger partial charge in [0.1, 0.15) is 5.60 Å². The van der Waals surface area contributed by atoms with Crippen LogP contribution in [0.25, 0.3) is 0 Å². The largest absolute Gasteiger partial charge is 0.460 e. The van der Waals surface area contributed by atoms with Crippen molar-refractivity contribution in [2.75, 3.05) is 19.6 Å². The Balaban J connectivity index is 2.08. The van der Waals surface area contributed by atoms with Crippen molar-refractivity contribution in [2.45, 2.75) is 51.7 Å². The van der Waals surface area contributed by atoms with Crippen molar-refractivity contribution < 1.29 is 14.6 Å². The fourth-order valence-corrected chi connectivity index (χ4v) is 3.16. The maximum Gasteiger partial charge on any atom is 0.312 e. The zero-order valence-electron chi connectivity index (χ0n) is 11.9. The first-order valence-electron chi connectivity index (χ1n) is 6.90. The van der Waals surface area contributed by atoms with Gasteiger partial charge in [-0.2, -0.15) is 0 Å². The maximum absolute atomic E-state index is 12.1. The van der Waals surface area contributed by atoms with Crippen molar-refractivity contribution >= 4 is 5.97 Å². The lowest BCUT2D eigenvalue weighted by molar-refractivity contribution is -0.186. The number of esters is 1. The molecular formula is C14H25NO3. The first-order valence-corrected chi connectivity index (χ1v) is 6.90. The molecule has 3 rings (SSSR count). The Kier molecular flexibility index (Phi) is 3.45. The molecule has 18 heavy (non-hydrogen) atoms. The lowest BCUT2D eigenvalue weighted by atomic mass is 9.69. The molecule has 0 aromatic rings. The summed E-state index contributed by atoms with van der Waals surface area (Å²) >= 11 is 0. The van der Waals surface area contributed by atoms with Crippen LogP contribution < -0.4 is 0 Å². The fourth-order valence-electron chi connectivity index (χ4n) is 3.16. The van der Waals surface area contributed by atoms with Gasteiger partial charge >= 0.3 is 5.97 Å². The number of piperidine rings is 3. The van der Waals surface area contributed by atoms with E-state index in [4.69, 9.17) is 4.74 Å². The summed E-state index contributed by atoms with van der Waals surface area (Å²) in [5.41, 5.74) is -1.39. The van der Waals surface area contributed by atoms with Gasteiger partial charge in [-0.25, -0.2) is 0 Å². The number of rotatable bonds is 2. The predicted molar refractivity (Wildman–Crippen MR) is 69.1 cm³/mol. The Morgan fingerprint density at radius 2 is 1.94 bits per heavy atom. The number of aliphatic hydroxyl groups is 1. The summed E-state index contributed by atoms with van der Waals surface area (Å²) in [4.78, 5) is 14.4. The Morgan fingerprint density at radius 3 is 2.33 bits per heavy atom. The van der Waals surface area contributed by atoms with E-state index < -0.39 is 17.1 Å². The van der Waals surface area contributed by atoms with Gasteiger partial charge in [-0.3, -0.25) is 4.79 Å². The van der Waals surface area contributed by atoms with E-state index in [-0.39, 0.29) is 11.9 Å². The normalized spacial score (nSPS) is 37.4. The SMILES string of the molecule is CC(C(=O)OC(C)(C)C)C1(O)CN2CCC1CC2. The molecule has 4 nitrogen and oxygen atoms in total. The number of nitrogens with zero attached hydrogens (tertiary/aromatic N) is 1. The van der Waals surface area contributed by atoms with Crippen LogP contribution in [-0.4, -0.2) is 46.8 Å². The van der Waals surface area contributed by atoms with Gasteiger partial charge in [-0.05, 0) is 59.5 Å². The van der Waals surface area contributed by atoms with E-state index in [9.17, 15) is 9.90 Å². The first kappa shape index (κ1) is 13.8. The molecule has 3 aliphatic rings. The number of fused-ring (bicyclic) bond motifs is 3. The molecule has 0 spiro atoms. The smallest absolute Gasteiger partial charge is 0.312 e. The third-order valence-electron chi connectivity index (χ3n) is 4.28. The van der Waals surface area contributed by atoms with Crippen molar-refractivity contribution in [1.82, 2.24) is 4.90 Å². The van der Waals surface area contributed by atoms with Gasteiger partial charge in [0.05, 0.1) is 11.5 Å². The average molecular weight is 255 g/mol. The second-order valence-corrected chi connectivity index (χ2v) is 6.80. The van der Waals surface area contributed by atoms with Crippen LogP contribution in [0, 0.1) is 11.8 Å². The molecule has 0 radical (unpaired) electrons. The summed E-state index contributed by atoms with van der Waals surface area (Å²) in [6, 6.07) is 0. The molecule has 3 aliphatic heterocycles. The lowest BCUT2D eigenvalue weighted by Crippen LogP contribution is -2.63. The van der Waals surface area contributed by atoms with Crippen LogP contribution in [0.2, 0.25) is 0 Å². The van der Waals surface area contributed by atoms with E-state index in [0.717, 1.165) is 25.9 Å². The molecular weight excluding hydrogens is 230 g/mol. The Morgan fingerprint density at radius 1 is 1.39 bits per heavy atom. The van der Waals surface area contributed by atoms with E-state index in [0.29, 0.717) is 6.54 Å². The molecule has 2 atom stereocenters. The third kappa shape index (κ3) is 2.54. The fraction of sp³-hybridized carbons (Fsp3) is 0.929. The number of hydrogen-bond donors (Lipinski definition) is 1. The molecule has 2 unspecified atom stereocenters. The zero-order valence-corrected chi connectivity index (χ0v) is 11.9. The minimum atomic E-state index is -0.904. The number of carbonyl (C=O) groups is 1. The van der Waals surface area contributed by atoms with Gasteiger partial charge in [0.25, 0.3) is 0 Å². The molecule has 0 saturated carbocycles. The van der Waals surface area contributed by atoms with Crippen molar-refractivity contribution in [2.24, 2.45) is 11.8 Å². The second kappa shape index (κ2) is 4.49. The monoisotopic (exact) mass is 255 g/mol. The first-order chi connectivity index (χ1) is 8.22. The highest BCUT2D eigenvalue weighted by Gasteiger charge is 2.51. The molecule has 3 saturated heterocycles. The van der Waals surface area contributed by atoms with Crippen LogP contribution >= 0.6 is 0 Å². The summed E-state index contributed by atoms with van der Waals surface area (Å²) in [7, 11) is 0. The van der Waals surface area contributed by atoms with Crippen LogP contribution in [-0.2, 0) is 9.53 Å². The summed E-state index contributed by atoms with van der Waals surface area (Å²) in [6.45, 7) is 10.1. The Hall–Kier alpha value is -0.610. The van der Waals surface area contributed by atoms with Gasteiger partial charge in [-0.15, -0.1) is 0 Å². The molecule has 1 N–H and O–H groups in total. The Bertz CT molecular complexity index is 328. The minimum Gasteiger partial charge on any atom is -0.460 e. The maximum atomic E-state index is 12.1. The lowest BCUT2D eigenvalue weighted by Gasteiger charge is -2.52. The standard InChI is InChI=1S/C14H25NO3/c1-10(12(16)18-13(2,3)4)14(17)9-15-7-5-11(14)6-8-15/h10-11,17H,5-9H2,1-4H3. The molecule has 0 aromatic heterocycles. The average Bonchev–Trinajstić information content (AvgIpc) is 2.27. The van der Waals surface area contributed by atoms with E-state index in [1.54, 1.807) is 6.92 Å². The highest BCUT2D eigenvalue weighted by atomic mass is 16.6. The van der Waals surface area contributed by atoms with Gasteiger partial charge in [0.15, 0.2) is 0 Å². The molecule has 104 valence electrons. The van der Waals surface area contributed by atoms with Crippen LogP contribution in [0.1, 0.15) is 40.5 Å². The quantitative estimate of drug-likeness (QED) is 0.758. The number of ether oxygens (including phenoxy) is 1. The Labute approximate surface area is 109 Å². The topological polar surface area (TPSA) is 49.8 Å². The van der Waals surface area contributed by atoms with Crippen LogP contribution in [0.3, 0.4) is 0 Å². The summed E-state index contributed by atoms with van der Waals surface area (Å²) in [6.07, 6.45) is 1.98. The van der Waals surface area contributed by atoms with Gasteiger partial charge in [0.2, 0.25) is 0 Å². The highest BCUT2D eigenvalue weighted by molar-refractivity contribution is 5.74. The molecule has 0 aliphatic carbocycles. The molecule has 0 aromatic carbocycles. The van der Waals surface area contributed by atoms with Crippen LogP contribution in [0.4, 0.5) is 0 Å². The minimum absolute atomic E-state index is 0.241. The molecule has 2 bridgehead atoms. The van der Waals surface area contributed by atoms with Crippen molar-refractivity contribution in [3.63, 3.8) is 0 Å². The third-order valence-corrected chi connectivity index (χ3v) is 4.28. The van der Waals surface area contributed by atoms with E-state index in [1.807, 2.05) is 20.8 Å². The van der Waals surface area contributed by atoms with E-state index >= 15 is 0 Å². The molecule has 3 heterocycles. The number of hydrogen-bond acceptors (Lipinski definition) is 4. The predicted octanol–water partition coefficient (Wildman–Crippen LogP) is 1.42. The molecule has 3 fully saturated rings. The van der Waals surface area contributed by atoms with Gasteiger partial charge < -0.3 is 14.7 Å². The van der Waals surface area contributed by atoms with E-state index in [1.165, 1.54) is 0 Å².